The van der Waals surface area contributed by atoms with Gasteiger partial charge in [-0.25, -0.2) is 9.97 Å². The largest absolute Gasteiger partial charge is 0.344 e. The van der Waals surface area contributed by atoms with Crippen molar-refractivity contribution in [3.8, 4) is 11.1 Å². The quantitative estimate of drug-likeness (QED) is 0.514. The molecule has 2 aromatic heterocycles. The first-order valence-electron chi connectivity index (χ1n) is 9.70. The van der Waals surface area contributed by atoms with E-state index < -0.39 is 0 Å². The minimum Gasteiger partial charge on any atom is -0.344 e. The van der Waals surface area contributed by atoms with E-state index in [1.165, 1.54) is 0 Å². The Morgan fingerprint density at radius 3 is 2.41 bits per heavy atom. The summed E-state index contributed by atoms with van der Waals surface area (Å²) in [4.78, 5) is 27.5. The van der Waals surface area contributed by atoms with Crippen LogP contribution < -0.4 is 4.90 Å². The van der Waals surface area contributed by atoms with Gasteiger partial charge in [-0.3, -0.25) is 4.79 Å². The SMILES string of the molecule is O=C(c1ccccc1-c1ccccc1)N1CCN(c2nc3cccnc3s2)CC1. The first-order chi connectivity index (χ1) is 14.3. The van der Waals surface area contributed by atoms with Crippen LogP contribution in [-0.2, 0) is 0 Å². The topological polar surface area (TPSA) is 49.3 Å². The van der Waals surface area contributed by atoms with Crippen molar-refractivity contribution in [3.05, 3.63) is 78.5 Å². The molecule has 0 unspecified atom stereocenters. The molecule has 1 saturated heterocycles. The molecule has 1 aliphatic heterocycles. The summed E-state index contributed by atoms with van der Waals surface area (Å²) in [5.41, 5.74) is 3.74. The summed E-state index contributed by atoms with van der Waals surface area (Å²) >= 11 is 1.61. The van der Waals surface area contributed by atoms with Gasteiger partial charge in [-0.15, -0.1) is 0 Å². The lowest BCUT2D eigenvalue weighted by molar-refractivity contribution is 0.0747. The number of fused-ring (bicyclic) bond motifs is 1. The number of amides is 1. The number of nitrogens with zero attached hydrogens (tertiary/aromatic N) is 4. The average molecular weight is 401 g/mol. The molecule has 1 aliphatic rings. The first-order valence-corrected chi connectivity index (χ1v) is 10.5. The highest BCUT2D eigenvalue weighted by atomic mass is 32.1. The molecule has 0 bridgehead atoms. The number of rotatable bonds is 3. The number of pyridine rings is 1. The van der Waals surface area contributed by atoms with E-state index >= 15 is 0 Å². The normalized spacial score (nSPS) is 14.3. The highest BCUT2D eigenvalue weighted by Gasteiger charge is 2.25. The van der Waals surface area contributed by atoms with Crippen LogP contribution in [0.25, 0.3) is 21.5 Å². The van der Waals surface area contributed by atoms with Gasteiger partial charge in [0.15, 0.2) is 5.13 Å². The lowest BCUT2D eigenvalue weighted by atomic mass is 9.98. The smallest absolute Gasteiger partial charge is 0.254 e. The van der Waals surface area contributed by atoms with E-state index in [9.17, 15) is 4.79 Å². The first kappa shape index (κ1) is 17.8. The monoisotopic (exact) mass is 400 g/mol. The van der Waals surface area contributed by atoms with E-state index in [-0.39, 0.29) is 5.91 Å². The van der Waals surface area contributed by atoms with Gasteiger partial charge in [-0.2, -0.15) is 0 Å². The number of benzene rings is 2. The van der Waals surface area contributed by atoms with Crippen LogP contribution in [0.3, 0.4) is 0 Å². The van der Waals surface area contributed by atoms with Gasteiger partial charge in [0.25, 0.3) is 5.91 Å². The summed E-state index contributed by atoms with van der Waals surface area (Å²) in [5.74, 6) is 0.0927. The van der Waals surface area contributed by atoms with Crippen LogP contribution in [0.1, 0.15) is 10.4 Å². The zero-order valence-electron chi connectivity index (χ0n) is 15.9. The third-order valence-corrected chi connectivity index (χ3v) is 6.27. The van der Waals surface area contributed by atoms with Crippen LogP contribution in [0.5, 0.6) is 0 Å². The zero-order chi connectivity index (χ0) is 19.6. The standard InChI is InChI=1S/C23H20N4OS/c28-22(19-10-5-4-9-18(19)17-7-2-1-3-8-17)26-13-15-27(16-14-26)23-25-20-11-6-12-24-21(20)29-23/h1-12H,13-16H2. The van der Waals surface area contributed by atoms with Crippen molar-refractivity contribution in [2.24, 2.45) is 0 Å². The molecule has 5 rings (SSSR count). The van der Waals surface area contributed by atoms with E-state index in [0.717, 1.165) is 45.3 Å². The molecule has 0 spiro atoms. The number of thiazole rings is 1. The molecule has 0 N–H and O–H groups in total. The van der Waals surface area contributed by atoms with E-state index in [1.807, 2.05) is 71.6 Å². The predicted molar refractivity (Wildman–Crippen MR) is 117 cm³/mol. The molecule has 0 atom stereocenters. The molecule has 0 saturated carbocycles. The molecule has 4 aromatic rings. The molecule has 3 heterocycles. The van der Waals surface area contributed by atoms with Gasteiger partial charge in [0.1, 0.15) is 10.3 Å². The predicted octanol–water partition coefficient (Wildman–Crippen LogP) is 4.32. The summed E-state index contributed by atoms with van der Waals surface area (Å²) in [7, 11) is 0. The zero-order valence-corrected chi connectivity index (χ0v) is 16.7. The minimum absolute atomic E-state index is 0.0927. The molecular weight excluding hydrogens is 380 g/mol. The number of hydrogen-bond donors (Lipinski definition) is 0. The summed E-state index contributed by atoms with van der Waals surface area (Å²) in [5, 5.41) is 0.982. The van der Waals surface area contributed by atoms with Crippen LogP contribution in [0, 0.1) is 0 Å². The van der Waals surface area contributed by atoms with Crippen LogP contribution in [0.4, 0.5) is 5.13 Å². The number of carbonyl (C=O) groups excluding carboxylic acids is 1. The molecular formula is C23H20N4OS. The molecule has 0 radical (unpaired) electrons. The van der Waals surface area contributed by atoms with Crippen molar-refractivity contribution in [3.63, 3.8) is 0 Å². The van der Waals surface area contributed by atoms with Gasteiger partial charge in [-0.05, 0) is 29.3 Å². The lowest BCUT2D eigenvalue weighted by Crippen LogP contribution is -2.48. The number of carbonyl (C=O) groups is 1. The molecule has 5 nitrogen and oxygen atoms in total. The fourth-order valence-electron chi connectivity index (χ4n) is 3.70. The maximum atomic E-state index is 13.3. The number of aromatic nitrogens is 2. The summed E-state index contributed by atoms with van der Waals surface area (Å²) in [6.45, 7) is 2.93. The van der Waals surface area contributed by atoms with Gasteiger partial charge in [0.2, 0.25) is 0 Å². The second kappa shape index (κ2) is 7.64. The van der Waals surface area contributed by atoms with E-state index in [2.05, 4.69) is 9.88 Å². The summed E-state index contributed by atoms with van der Waals surface area (Å²) in [6, 6.07) is 21.9. The fraction of sp³-hybridized carbons (Fsp3) is 0.174. The number of anilines is 1. The Hall–Kier alpha value is -3.25. The van der Waals surface area contributed by atoms with Gasteiger partial charge in [-0.1, -0.05) is 59.9 Å². The van der Waals surface area contributed by atoms with Crippen molar-refractivity contribution in [2.75, 3.05) is 31.1 Å². The van der Waals surface area contributed by atoms with Crippen molar-refractivity contribution in [1.82, 2.24) is 14.9 Å². The minimum atomic E-state index is 0.0927. The van der Waals surface area contributed by atoms with E-state index in [1.54, 1.807) is 17.5 Å². The Morgan fingerprint density at radius 1 is 0.862 bits per heavy atom. The van der Waals surface area contributed by atoms with Gasteiger partial charge < -0.3 is 9.80 Å². The Labute approximate surface area is 173 Å². The average Bonchev–Trinajstić information content (AvgIpc) is 3.24. The molecule has 0 aliphatic carbocycles. The third-order valence-electron chi connectivity index (χ3n) is 5.23. The van der Waals surface area contributed by atoms with Crippen LogP contribution in [0.15, 0.2) is 72.9 Å². The van der Waals surface area contributed by atoms with E-state index in [0.29, 0.717) is 13.1 Å². The number of hydrogen-bond acceptors (Lipinski definition) is 5. The lowest BCUT2D eigenvalue weighted by Gasteiger charge is -2.34. The van der Waals surface area contributed by atoms with Crippen molar-refractivity contribution < 1.29 is 4.79 Å². The fourth-order valence-corrected chi connectivity index (χ4v) is 4.66. The van der Waals surface area contributed by atoms with Crippen molar-refractivity contribution in [2.45, 2.75) is 0 Å². The third kappa shape index (κ3) is 3.47. The molecule has 1 fully saturated rings. The second-order valence-corrected chi connectivity index (χ2v) is 7.97. The van der Waals surface area contributed by atoms with Crippen molar-refractivity contribution >= 4 is 32.7 Å². The van der Waals surface area contributed by atoms with Crippen molar-refractivity contribution in [1.29, 1.82) is 0 Å². The van der Waals surface area contributed by atoms with Gasteiger partial charge >= 0.3 is 0 Å². The van der Waals surface area contributed by atoms with Gasteiger partial charge in [0, 0.05) is 37.9 Å². The molecule has 2 aromatic carbocycles. The van der Waals surface area contributed by atoms with Crippen LogP contribution >= 0.6 is 11.3 Å². The highest BCUT2D eigenvalue weighted by Crippen LogP contribution is 2.29. The van der Waals surface area contributed by atoms with Crippen LogP contribution in [-0.4, -0.2) is 47.0 Å². The Kier molecular flexibility index (Phi) is 4.69. The van der Waals surface area contributed by atoms with Crippen LogP contribution in [0.2, 0.25) is 0 Å². The Morgan fingerprint density at radius 2 is 1.62 bits per heavy atom. The number of piperazine rings is 1. The Balaban J connectivity index is 1.33. The summed E-state index contributed by atoms with van der Waals surface area (Å²) < 4.78 is 0. The van der Waals surface area contributed by atoms with Gasteiger partial charge in [0.05, 0.1) is 0 Å². The maximum Gasteiger partial charge on any atom is 0.254 e. The molecule has 144 valence electrons. The Bertz CT molecular complexity index is 1120. The van der Waals surface area contributed by atoms with E-state index in [4.69, 9.17) is 4.98 Å². The molecule has 29 heavy (non-hydrogen) atoms. The molecule has 6 heteroatoms. The highest BCUT2D eigenvalue weighted by molar-refractivity contribution is 7.21. The second-order valence-electron chi connectivity index (χ2n) is 7.01. The maximum absolute atomic E-state index is 13.3. The summed E-state index contributed by atoms with van der Waals surface area (Å²) in [6.07, 6.45) is 1.80. The molecule has 1 amide bonds.